The van der Waals surface area contributed by atoms with Crippen molar-refractivity contribution in [3.8, 4) is 11.3 Å². The Hall–Kier alpha value is -2.55. The molecule has 0 radical (unpaired) electrons. The second-order valence-electron chi connectivity index (χ2n) is 6.03. The number of halogens is 1. The third-order valence-electron chi connectivity index (χ3n) is 4.27. The molecule has 0 spiro atoms. The maximum absolute atomic E-state index is 13.1. The highest BCUT2D eigenvalue weighted by atomic mass is 32.2. The number of rotatable bonds is 5. The molecule has 0 saturated carbocycles. The van der Waals surface area contributed by atoms with E-state index >= 15 is 0 Å². The van der Waals surface area contributed by atoms with Gasteiger partial charge in [-0.15, -0.1) is 0 Å². The summed E-state index contributed by atoms with van der Waals surface area (Å²) in [5.41, 5.74) is 2.51. The standard InChI is InChI=1S/C19H16FN3O2S2/c1-13-18(11-21-27(24,25)16-5-3-2-4-6-16)26-19-22-17(12-23(13)19)14-7-9-15(20)10-8-14/h2-10,12,21H,11H2,1H3. The molecule has 0 atom stereocenters. The van der Waals surface area contributed by atoms with Gasteiger partial charge in [0.05, 0.1) is 10.6 Å². The monoisotopic (exact) mass is 401 g/mol. The van der Waals surface area contributed by atoms with Gasteiger partial charge in [0.25, 0.3) is 0 Å². The lowest BCUT2D eigenvalue weighted by molar-refractivity contribution is 0.581. The molecular weight excluding hydrogens is 385 g/mol. The van der Waals surface area contributed by atoms with E-state index in [-0.39, 0.29) is 17.3 Å². The summed E-state index contributed by atoms with van der Waals surface area (Å²) in [6.45, 7) is 2.12. The Morgan fingerprint density at radius 3 is 2.48 bits per heavy atom. The molecule has 0 bridgehead atoms. The van der Waals surface area contributed by atoms with E-state index in [9.17, 15) is 12.8 Å². The summed E-state index contributed by atoms with van der Waals surface area (Å²) in [7, 11) is -3.56. The Labute approximate surface area is 160 Å². The van der Waals surface area contributed by atoms with Gasteiger partial charge in [-0.2, -0.15) is 0 Å². The van der Waals surface area contributed by atoms with Crippen LogP contribution in [0.1, 0.15) is 10.6 Å². The Balaban J connectivity index is 1.58. The van der Waals surface area contributed by atoms with Crippen LogP contribution in [-0.4, -0.2) is 17.8 Å². The number of nitrogens with zero attached hydrogens (tertiary/aromatic N) is 2. The average Bonchev–Trinajstić information content (AvgIpc) is 3.21. The fourth-order valence-electron chi connectivity index (χ4n) is 2.76. The van der Waals surface area contributed by atoms with Crippen LogP contribution in [0.15, 0.2) is 65.7 Å². The van der Waals surface area contributed by atoms with Crippen molar-refractivity contribution in [1.29, 1.82) is 0 Å². The second-order valence-corrected chi connectivity index (χ2v) is 8.86. The van der Waals surface area contributed by atoms with Crippen LogP contribution in [0.25, 0.3) is 16.2 Å². The molecule has 0 unspecified atom stereocenters. The van der Waals surface area contributed by atoms with Crippen molar-refractivity contribution >= 4 is 26.3 Å². The minimum atomic E-state index is -3.56. The van der Waals surface area contributed by atoms with Crippen LogP contribution in [-0.2, 0) is 16.6 Å². The summed E-state index contributed by atoms with van der Waals surface area (Å²) >= 11 is 1.43. The molecule has 5 nitrogen and oxygen atoms in total. The molecule has 0 saturated heterocycles. The number of aromatic nitrogens is 2. The normalized spacial score (nSPS) is 11.9. The average molecular weight is 401 g/mol. The lowest BCUT2D eigenvalue weighted by Crippen LogP contribution is -2.23. The number of imidazole rings is 1. The quantitative estimate of drug-likeness (QED) is 0.550. The molecule has 4 rings (SSSR count). The predicted molar refractivity (Wildman–Crippen MR) is 104 cm³/mol. The SMILES string of the molecule is Cc1c(CNS(=O)(=O)c2ccccc2)sc2nc(-c3ccc(F)cc3)cn12. The van der Waals surface area contributed by atoms with Gasteiger partial charge in [0.1, 0.15) is 5.82 Å². The second kappa shape index (κ2) is 6.88. The molecule has 1 N–H and O–H groups in total. The van der Waals surface area contributed by atoms with Crippen LogP contribution in [0.3, 0.4) is 0 Å². The molecule has 4 aromatic rings. The summed E-state index contributed by atoms with van der Waals surface area (Å²) in [6, 6.07) is 14.5. The van der Waals surface area contributed by atoms with Crippen molar-refractivity contribution in [3.63, 3.8) is 0 Å². The van der Waals surface area contributed by atoms with Gasteiger partial charge >= 0.3 is 0 Å². The highest BCUT2D eigenvalue weighted by Crippen LogP contribution is 2.27. The Morgan fingerprint density at radius 1 is 1.11 bits per heavy atom. The molecule has 0 aliphatic heterocycles. The van der Waals surface area contributed by atoms with Crippen LogP contribution in [0.2, 0.25) is 0 Å². The fourth-order valence-corrected chi connectivity index (χ4v) is 4.91. The van der Waals surface area contributed by atoms with Crippen molar-refractivity contribution in [2.75, 3.05) is 0 Å². The summed E-state index contributed by atoms with van der Waals surface area (Å²) < 4.78 is 42.4. The smallest absolute Gasteiger partial charge is 0.240 e. The maximum Gasteiger partial charge on any atom is 0.240 e. The zero-order valence-electron chi connectivity index (χ0n) is 14.4. The van der Waals surface area contributed by atoms with E-state index in [1.807, 2.05) is 17.5 Å². The van der Waals surface area contributed by atoms with E-state index in [1.165, 1.54) is 23.5 Å². The van der Waals surface area contributed by atoms with Crippen LogP contribution in [0.5, 0.6) is 0 Å². The number of hydrogen-bond acceptors (Lipinski definition) is 4. The van der Waals surface area contributed by atoms with E-state index < -0.39 is 10.0 Å². The van der Waals surface area contributed by atoms with Gasteiger partial charge in [0.15, 0.2) is 4.96 Å². The Bertz CT molecular complexity index is 1200. The first-order valence-electron chi connectivity index (χ1n) is 8.22. The highest BCUT2D eigenvalue weighted by molar-refractivity contribution is 7.89. The Morgan fingerprint density at radius 2 is 1.81 bits per heavy atom. The molecule has 27 heavy (non-hydrogen) atoms. The number of sulfonamides is 1. The number of aryl methyl sites for hydroxylation is 1. The molecule has 0 fully saturated rings. The van der Waals surface area contributed by atoms with Crippen molar-refractivity contribution in [2.24, 2.45) is 0 Å². The highest BCUT2D eigenvalue weighted by Gasteiger charge is 2.17. The van der Waals surface area contributed by atoms with Crippen molar-refractivity contribution in [3.05, 3.63) is 77.2 Å². The van der Waals surface area contributed by atoms with E-state index in [1.54, 1.807) is 42.5 Å². The number of benzene rings is 2. The zero-order valence-corrected chi connectivity index (χ0v) is 16.0. The molecule has 0 amide bonds. The maximum atomic E-state index is 13.1. The van der Waals surface area contributed by atoms with E-state index in [4.69, 9.17) is 0 Å². The minimum absolute atomic E-state index is 0.197. The minimum Gasteiger partial charge on any atom is -0.294 e. The summed E-state index contributed by atoms with van der Waals surface area (Å²) in [5, 5.41) is 0. The van der Waals surface area contributed by atoms with Crippen molar-refractivity contribution in [2.45, 2.75) is 18.4 Å². The molecular formula is C19H16FN3O2S2. The van der Waals surface area contributed by atoms with Crippen molar-refractivity contribution < 1.29 is 12.8 Å². The number of hydrogen-bond donors (Lipinski definition) is 1. The topological polar surface area (TPSA) is 63.5 Å². The largest absolute Gasteiger partial charge is 0.294 e. The molecule has 138 valence electrons. The molecule has 2 heterocycles. The van der Waals surface area contributed by atoms with Crippen molar-refractivity contribution in [1.82, 2.24) is 14.1 Å². The first-order valence-corrected chi connectivity index (χ1v) is 10.5. The number of fused-ring (bicyclic) bond motifs is 1. The number of thiazole rings is 1. The van der Waals surface area contributed by atoms with E-state index in [0.29, 0.717) is 0 Å². The van der Waals surface area contributed by atoms with Crippen LogP contribution < -0.4 is 4.72 Å². The van der Waals surface area contributed by atoms with Gasteiger partial charge in [0.2, 0.25) is 10.0 Å². The summed E-state index contributed by atoms with van der Waals surface area (Å²) in [5.74, 6) is -0.288. The first kappa shape index (κ1) is 17.8. The third kappa shape index (κ3) is 3.51. The Kier molecular flexibility index (Phi) is 4.55. The van der Waals surface area contributed by atoms with Gasteiger partial charge in [-0.3, -0.25) is 4.40 Å². The van der Waals surface area contributed by atoms with Gasteiger partial charge < -0.3 is 0 Å². The molecule has 2 aromatic carbocycles. The van der Waals surface area contributed by atoms with Gasteiger partial charge in [-0.1, -0.05) is 29.5 Å². The van der Waals surface area contributed by atoms with E-state index in [0.717, 1.165) is 26.8 Å². The molecule has 2 aromatic heterocycles. The van der Waals surface area contributed by atoms with Gasteiger partial charge in [-0.05, 0) is 43.3 Å². The van der Waals surface area contributed by atoms with Crippen LogP contribution in [0, 0.1) is 12.7 Å². The van der Waals surface area contributed by atoms with Gasteiger partial charge in [0, 0.05) is 28.9 Å². The lowest BCUT2D eigenvalue weighted by Gasteiger charge is -2.06. The summed E-state index contributed by atoms with van der Waals surface area (Å²) in [6.07, 6.45) is 1.88. The number of nitrogens with one attached hydrogen (secondary N) is 1. The zero-order chi connectivity index (χ0) is 19.0. The summed E-state index contributed by atoms with van der Waals surface area (Å²) in [4.78, 5) is 6.47. The predicted octanol–water partition coefficient (Wildman–Crippen LogP) is 3.99. The molecule has 0 aliphatic carbocycles. The van der Waals surface area contributed by atoms with Crippen LogP contribution >= 0.6 is 11.3 Å². The third-order valence-corrected chi connectivity index (χ3v) is 6.84. The fraction of sp³-hybridized carbons (Fsp3) is 0.105. The molecule has 0 aliphatic rings. The van der Waals surface area contributed by atoms with E-state index in [2.05, 4.69) is 9.71 Å². The lowest BCUT2D eigenvalue weighted by atomic mass is 10.2. The van der Waals surface area contributed by atoms with Gasteiger partial charge in [-0.25, -0.2) is 22.5 Å². The molecule has 8 heteroatoms. The first-order chi connectivity index (χ1) is 12.9. The van der Waals surface area contributed by atoms with Crippen LogP contribution in [0.4, 0.5) is 4.39 Å².